The van der Waals surface area contributed by atoms with Crippen molar-refractivity contribution in [3.05, 3.63) is 52.0 Å². The van der Waals surface area contributed by atoms with Crippen LogP contribution >= 0.6 is 15.9 Å². The molecule has 0 aliphatic rings. The molecule has 0 spiro atoms. The Bertz CT molecular complexity index is 831. The summed E-state index contributed by atoms with van der Waals surface area (Å²) in [7, 11) is 4.42. The van der Waals surface area contributed by atoms with Gasteiger partial charge in [0, 0.05) is 10.0 Å². The predicted molar refractivity (Wildman–Crippen MR) is 109 cm³/mol. The van der Waals surface area contributed by atoms with Crippen LogP contribution in [0.3, 0.4) is 0 Å². The van der Waals surface area contributed by atoms with E-state index in [0.717, 1.165) is 10.0 Å². The Balaban J connectivity index is 2.00. The van der Waals surface area contributed by atoms with Gasteiger partial charge in [-0.1, -0.05) is 28.1 Å². The topological polar surface area (TPSA) is 85.9 Å². The lowest BCUT2D eigenvalue weighted by atomic mass is 10.1. The normalized spacial score (nSPS) is 11.3. The summed E-state index contributed by atoms with van der Waals surface area (Å²) in [4.78, 5) is 24.6. The molecule has 150 valence electrons. The van der Waals surface area contributed by atoms with Gasteiger partial charge >= 0.3 is 0 Å². The maximum Gasteiger partial charge on any atom is 0.251 e. The Labute approximate surface area is 172 Å². The number of nitrogens with one attached hydrogen (secondary N) is 2. The Kier molecular flexibility index (Phi) is 7.69. The van der Waals surface area contributed by atoms with Crippen molar-refractivity contribution in [2.24, 2.45) is 0 Å². The van der Waals surface area contributed by atoms with Crippen molar-refractivity contribution in [2.75, 3.05) is 27.9 Å². The van der Waals surface area contributed by atoms with Crippen LogP contribution in [0.25, 0.3) is 0 Å². The summed E-state index contributed by atoms with van der Waals surface area (Å²) < 4.78 is 16.6. The molecule has 2 N–H and O–H groups in total. The van der Waals surface area contributed by atoms with Crippen LogP contribution in [0.2, 0.25) is 0 Å². The van der Waals surface area contributed by atoms with E-state index < -0.39 is 5.91 Å². The summed E-state index contributed by atoms with van der Waals surface area (Å²) in [5, 5.41) is 5.44. The van der Waals surface area contributed by atoms with E-state index in [2.05, 4.69) is 26.6 Å². The van der Waals surface area contributed by atoms with Crippen LogP contribution in [-0.2, 0) is 4.79 Å². The molecule has 0 saturated carbocycles. The van der Waals surface area contributed by atoms with Gasteiger partial charge in [-0.2, -0.15) is 0 Å². The number of rotatable bonds is 8. The molecule has 0 aliphatic carbocycles. The lowest BCUT2D eigenvalue weighted by Gasteiger charge is -2.16. The van der Waals surface area contributed by atoms with Gasteiger partial charge in [-0.05, 0) is 36.8 Å². The van der Waals surface area contributed by atoms with Crippen molar-refractivity contribution in [2.45, 2.75) is 13.0 Å². The maximum atomic E-state index is 12.4. The van der Waals surface area contributed by atoms with E-state index in [1.54, 1.807) is 0 Å². The van der Waals surface area contributed by atoms with Gasteiger partial charge in [-0.25, -0.2) is 0 Å². The Morgan fingerprint density at radius 2 is 1.68 bits per heavy atom. The average Bonchev–Trinajstić information content (AvgIpc) is 2.70. The van der Waals surface area contributed by atoms with Gasteiger partial charge in [0.15, 0.2) is 11.5 Å². The van der Waals surface area contributed by atoms with E-state index in [1.807, 2.05) is 31.2 Å². The zero-order valence-corrected chi connectivity index (χ0v) is 17.8. The van der Waals surface area contributed by atoms with E-state index in [1.165, 1.54) is 33.5 Å². The van der Waals surface area contributed by atoms with Gasteiger partial charge in [0.05, 0.1) is 33.9 Å². The molecular formula is C20H23BrN2O5. The number of ether oxygens (including phenoxy) is 3. The second-order valence-corrected chi connectivity index (χ2v) is 6.86. The van der Waals surface area contributed by atoms with Crippen LogP contribution in [0.4, 0.5) is 0 Å². The van der Waals surface area contributed by atoms with Crippen molar-refractivity contribution in [3.63, 3.8) is 0 Å². The molecule has 0 aliphatic heterocycles. The number of carbonyl (C=O) groups is 2. The van der Waals surface area contributed by atoms with Gasteiger partial charge in [0.2, 0.25) is 11.7 Å². The zero-order valence-electron chi connectivity index (χ0n) is 16.2. The van der Waals surface area contributed by atoms with Crippen molar-refractivity contribution in [1.29, 1.82) is 0 Å². The summed E-state index contributed by atoms with van der Waals surface area (Å²) in [5.41, 5.74) is 1.25. The third-order valence-electron chi connectivity index (χ3n) is 4.06. The van der Waals surface area contributed by atoms with Crippen LogP contribution in [0.15, 0.2) is 40.9 Å². The summed E-state index contributed by atoms with van der Waals surface area (Å²) in [6.45, 7) is 1.72. The van der Waals surface area contributed by atoms with Crippen molar-refractivity contribution in [1.82, 2.24) is 10.6 Å². The molecular weight excluding hydrogens is 428 g/mol. The molecule has 2 amide bonds. The number of benzene rings is 2. The van der Waals surface area contributed by atoms with Crippen LogP contribution in [0.5, 0.6) is 17.2 Å². The molecule has 2 aromatic rings. The van der Waals surface area contributed by atoms with Crippen LogP contribution in [-0.4, -0.2) is 39.7 Å². The minimum atomic E-state index is -0.426. The predicted octanol–water partition coefficient (Wildman–Crippen LogP) is 3.08. The van der Waals surface area contributed by atoms with E-state index in [-0.39, 0.29) is 18.5 Å². The molecule has 8 heteroatoms. The first-order valence-corrected chi connectivity index (χ1v) is 9.32. The maximum absolute atomic E-state index is 12.4. The summed E-state index contributed by atoms with van der Waals surface area (Å²) in [5.74, 6) is 0.388. The third kappa shape index (κ3) is 5.39. The van der Waals surface area contributed by atoms with E-state index in [0.29, 0.717) is 22.8 Å². The number of hydrogen-bond donors (Lipinski definition) is 2. The van der Waals surface area contributed by atoms with Crippen molar-refractivity contribution < 1.29 is 23.8 Å². The smallest absolute Gasteiger partial charge is 0.251 e. The number of amides is 2. The fourth-order valence-electron chi connectivity index (χ4n) is 2.63. The lowest BCUT2D eigenvalue weighted by Crippen LogP contribution is -2.38. The van der Waals surface area contributed by atoms with E-state index in [9.17, 15) is 9.59 Å². The molecule has 28 heavy (non-hydrogen) atoms. The zero-order chi connectivity index (χ0) is 20.7. The Hall–Kier alpha value is -2.74. The number of methoxy groups -OCH3 is 3. The minimum absolute atomic E-state index is 0.159. The molecule has 1 atom stereocenters. The fourth-order valence-corrected chi connectivity index (χ4v) is 3.04. The first-order valence-electron chi connectivity index (χ1n) is 8.52. The van der Waals surface area contributed by atoms with Gasteiger partial charge < -0.3 is 24.8 Å². The van der Waals surface area contributed by atoms with Gasteiger partial charge in [0.1, 0.15) is 0 Å². The molecule has 0 fully saturated rings. The summed E-state index contributed by atoms with van der Waals surface area (Å²) in [6, 6.07) is 10.5. The van der Waals surface area contributed by atoms with Crippen LogP contribution in [0.1, 0.15) is 28.9 Å². The molecule has 0 heterocycles. The van der Waals surface area contributed by atoms with Crippen LogP contribution in [0, 0.1) is 0 Å². The molecule has 0 radical (unpaired) electrons. The Morgan fingerprint density at radius 3 is 2.21 bits per heavy atom. The fraction of sp³-hybridized carbons (Fsp3) is 0.300. The summed E-state index contributed by atoms with van der Waals surface area (Å²) >= 11 is 3.41. The van der Waals surface area contributed by atoms with E-state index >= 15 is 0 Å². The highest BCUT2D eigenvalue weighted by Crippen LogP contribution is 2.38. The van der Waals surface area contributed by atoms with E-state index in [4.69, 9.17) is 14.2 Å². The van der Waals surface area contributed by atoms with Gasteiger partial charge in [-0.15, -0.1) is 0 Å². The second kappa shape index (κ2) is 9.98. The SMILES string of the molecule is COc1cc(C(=O)NCC(=O)NC(C)c2cccc(Br)c2)cc(OC)c1OC. The highest BCUT2D eigenvalue weighted by Gasteiger charge is 2.18. The van der Waals surface area contributed by atoms with Crippen molar-refractivity contribution >= 4 is 27.7 Å². The first kappa shape index (κ1) is 21.6. The lowest BCUT2D eigenvalue weighted by molar-refractivity contribution is -0.120. The first-order chi connectivity index (χ1) is 13.4. The number of halogens is 1. The standard InChI is InChI=1S/C20H23BrN2O5/c1-12(13-6-5-7-15(21)8-13)23-18(24)11-22-20(25)14-9-16(26-2)19(28-4)17(10-14)27-3/h5-10,12H,11H2,1-4H3,(H,22,25)(H,23,24). The molecule has 2 rings (SSSR count). The highest BCUT2D eigenvalue weighted by atomic mass is 79.9. The molecule has 1 unspecified atom stereocenters. The van der Waals surface area contributed by atoms with Crippen LogP contribution < -0.4 is 24.8 Å². The number of carbonyl (C=O) groups excluding carboxylic acids is 2. The largest absolute Gasteiger partial charge is 0.493 e. The monoisotopic (exact) mass is 450 g/mol. The molecule has 0 aromatic heterocycles. The van der Waals surface area contributed by atoms with Gasteiger partial charge in [0.25, 0.3) is 5.91 Å². The molecule has 7 nitrogen and oxygen atoms in total. The Morgan fingerprint density at radius 1 is 1.04 bits per heavy atom. The van der Waals surface area contributed by atoms with Gasteiger partial charge in [-0.3, -0.25) is 9.59 Å². The molecule has 0 saturated heterocycles. The summed E-state index contributed by atoms with van der Waals surface area (Å²) in [6.07, 6.45) is 0. The third-order valence-corrected chi connectivity index (χ3v) is 4.56. The van der Waals surface area contributed by atoms with Crippen molar-refractivity contribution in [3.8, 4) is 17.2 Å². The minimum Gasteiger partial charge on any atom is -0.493 e. The number of hydrogen-bond acceptors (Lipinski definition) is 5. The quantitative estimate of drug-likeness (QED) is 0.645. The molecule has 2 aromatic carbocycles. The second-order valence-electron chi connectivity index (χ2n) is 5.94. The highest BCUT2D eigenvalue weighted by molar-refractivity contribution is 9.10. The average molecular weight is 451 g/mol. The molecule has 0 bridgehead atoms.